The molecule has 0 radical (unpaired) electrons. The van der Waals surface area contributed by atoms with E-state index in [9.17, 15) is 22.8 Å². The van der Waals surface area contributed by atoms with Crippen molar-refractivity contribution in [2.75, 3.05) is 38.0 Å². The third kappa shape index (κ3) is 6.19. The lowest BCUT2D eigenvalue weighted by Gasteiger charge is -2.32. The van der Waals surface area contributed by atoms with Crippen LogP contribution in [0.15, 0.2) is 24.3 Å². The summed E-state index contributed by atoms with van der Waals surface area (Å²) in [6.07, 6.45) is 2.06. The van der Waals surface area contributed by atoms with Crippen LogP contribution in [0, 0.1) is 5.92 Å². The van der Waals surface area contributed by atoms with Crippen molar-refractivity contribution in [2.45, 2.75) is 44.7 Å². The average Bonchev–Trinajstić information content (AvgIpc) is 3.20. The van der Waals surface area contributed by atoms with Gasteiger partial charge in [0.15, 0.2) is 6.54 Å². The number of carbonyl (C=O) groups is 2. The molecule has 0 atom stereocenters. The molecule has 3 rings (SSSR count). The van der Waals surface area contributed by atoms with E-state index in [1.165, 1.54) is 43.9 Å². The van der Waals surface area contributed by atoms with E-state index in [1.54, 1.807) is 0 Å². The predicted molar refractivity (Wildman–Crippen MR) is 103 cm³/mol. The molecule has 1 aromatic carbocycles. The van der Waals surface area contributed by atoms with E-state index in [1.807, 2.05) is 4.90 Å². The van der Waals surface area contributed by atoms with E-state index in [-0.39, 0.29) is 18.1 Å². The zero-order valence-corrected chi connectivity index (χ0v) is 16.6. The van der Waals surface area contributed by atoms with Gasteiger partial charge in [-0.15, -0.1) is 0 Å². The molecule has 0 spiro atoms. The van der Waals surface area contributed by atoms with Crippen LogP contribution >= 0.6 is 0 Å². The number of carbonyl (C=O) groups excluding carboxylic acids is 2. The topological polar surface area (TPSA) is 53.9 Å². The summed E-state index contributed by atoms with van der Waals surface area (Å²) in [4.78, 5) is 27.5. The maximum absolute atomic E-state index is 13.0. The molecular formula is C21H29F3N3O2+. The standard InChI is InChI=1S/C21H28F3N3O2/c22-21(23,24)17-7-3-4-8-18(17)25-19(28)15-26-11-13-27(14-12-26)20(29)10-9-16-5-1-2-6-16/h3-4,7-8,16H,1-2,5-6,9-15H2,(H,25,28)/p+1. The van der Waals surface area contributed by atoms with Crippen molar-refractivity contribution >= 4 is 17.5 Å². The molecule has 2 N–H and O–H groups in total. The minimum absolute atomic E-state index is 0.0935. The largest absolute Gasteiger partial charge is 0.418 e. The summed E-state index contributed by atoms with van der Waals surface area (Å²) in [7, 11) is 0. The van der Waals surface area contributed by atoms with Gasteiger partial charge in [-0.3, -0.25) is 9.59 Å². The van der Waals surface area contributed by atoms with Crippen LogP contribution in [0.3, 0.4) is 0 Å². The van der Waals surface area contributed by atoms with Gasteiger partial charge in [-0.25, -0.2) is 0 Å². The van der Waals surface area contributed by atoms with E-state index in [0.29, 0.717) is 38.5 Å². The maximum atomic E-state index is 13.0. The molecule has 0 unspecified atom stereocenters. The highest BCUT2D eigenvalue weighted by Gasteiger charge is 2.34. The van der Waals surface area contributed by atoms with E-state index < -0.39 is 17.6 Å². The number of hydrogen-bond acceptors (Lipinski definition) is 2. The fourth-order valence-corrected chi connectivity index (χ4v) is 4.29. The molecule has 2 amide bonds. The molecule has 2 fully saturated rings. The number of para-hydroxylation sites is 1. The van der Waals surface area contributed by atoms with E-state index >= 15 is 0 Å². The van der Waals surface area contributed by atoms with E-state index in [0.717, 1.165) is 17.4 Å². The Labute approximate surface area is 169 Å². The molecule has 8 heteroatoms. The molecule has 0 aromatic heterocycles. The van der Waals surface area contributed by atoms with E-state index in [2.05, 4.69) is 5.32 Å². The highest BCUT2D eigenvalue weighted by molar-refractivity contribution is 5.92. The number of nitrogens with zero attached hydrogens (tertiary/aromatic N) is 1. The lowest BCUT2D eigenvalue weighted by Crippen LogP contribution is -3.15. The first-order chi connectivity index (χ1) is 13.8. The summed E-state index contributed by atoms with van der Waals surface area (Å²) in [6.45, 7) is 2.53. The minimum atomic E-state index is -4.51. The Kier molecular flexibility index (Phi) is 7.16. The summed E-state index contributed by atoms with van der Waals surface area (Å²) in [6, 6.07) is 4.98. The maximum Gasteiger partial charge on any atom is 0.418 e. The van der Waals surface area contributed by atoms with Gasteiger partial charge in [0.2, 0.25) is 5.91 Å². The number of anilines is 1. The monoisotopic (exact) mass is 412 g/mol. The van der Waals surface area contributed by atoms with Crippen molar-refractivity contribution in [1.29, 1.82) is 0 Å². The van der Waals surface area contributed by atoms with Crippen LogP contribution in [0.1, 0.15) is 44.1 Å². The lowest BCUT2D eigenvalue weighted by molar-refractivity contribution is -0.895. The van der Waals surface area contributed by atoms with Crippen molar-refractivity contribution in [3.63, 3.8) is 0 Å². The number of piperazine rings is 1. The van der Waals surface area contributed by atoms with Gasteiger partial charge in [-0.2, -0.15) is 13.2 Å². The van der Waals surface area contributed by atoms with Gasteiger partial charge in [0, 0.05) is 6.42 Å². The first kappa shape index (κ1) is 21.6. The molecule has 1 aromatic rings. The van der Waals surface area contributed by atoms with Crippen LogP contribution in [-0.4, -0.2) is 49.4 Å². The fraction of sp³-hybridized carbons (Fsp3) is 0.619. The summed E-state index contributed by atoms with van der Waals surface area (Å²) in [5, 5.41) is 2.39. The summed E-state index contributed by atoms with van der Waals surface area (Å²) >= 11 is 0. The van der Waals surface area contributed by atoms with Gasteiger partial charge in [-0.05, 0) is 24.5 Å². The van der Waals surface area contributed by atoms with Crippen molar-refractivity contribution in [3.05, 3.63) is 29.8 Å². The molecule has 2 aliphatic rings. The van der Waals surface area contributed by atoms with Crippen LogP contribution in [-0.2, 0) is 15.8 Å². The Bertz CT molecular complexity index is 709. The molecule has 1 heterocycles. The van der Waals surface area contributed by atoms with Gasteiger partial charge in [0.1, 0.15) is 0 Å². The predicted octanol–water partition coefficient (Wildman–Crippen LogP) is 2.34. The first-order valence-corrected chi connectivity index (χ1v) is 10.4. The Hall–Kier alpha value is -2.09. The molecule has 1 aliphatic heterocycles. The van der Waals surface area contributed by atoms with Crippen molar-refractivity contribution in [2.24, 2.45) is 5.92 Å². The average molecular weight is 412 g/mol. The first-order valence-electron chi connectivity index (χ1n) is 10.4. The van der Waals surface area contributed by atoms with Crippen LogP contribution in [0.2, 0.25) is 0 Å². The van der Waals surface area contributed by atoms with Gasteiger partial charge in [0.05, 0.1) is 37.4 Å². The second kappa shape index (κ2) is 9.61. The Morgan fingerprint density at radius 3 is 2.41 bits per heavy atom. The van der Waals surface area contributed by atoms with Crippen molar-refractivity contribution in [1.82, 2.24) is 4.90 Å². The minimum Gasteiger partial charge on any atom is -0.331 e. The second-order valence-electron chi connectivity index (χ2n) is 8.09. The molecule has 0 bridgehead atoms. The number of amides is 2. The third-order valence-corrected chi connectivity index (χ3v) is 5.98. The normalized spacial score (nSPS) is 18.8. The smallest absolute Gasteiger partial charge is 0.331 e. The zero-order chi connectivity index (χ0) is 20.9. The van der Waals surface area contributed by atoms with Crippen LogP contribution in [0.4, 0.5) is 18.9 Å². The van der Waals surface area contributed by atoms with Gasteiger partial charge < -0.3 is 15.1 Å². The zero-order valence-electron chi connectivity index (χ0n) is 16.6. The SMILES string of the molecule is O=C(C[NH+]1CCN(C(=O)CCC2CCCC2)CC1)Nc1ccccc1C(F)(F)F. The fourth-order valence-electron chi connectivity index (χ4n) is 4.29. The van der Waals surface area contributed by atoms with Crippen LogP contribution in [0.5, 0.6) is 0 Å². The van der Waals surface area contributed by atoms with Gasteiger partial charge in [0.25, 0.3) is 5.91 Å². The number of nitrogens with one attached hydrogen (secondary N) is 2. The van der Waals surface area contributed by atoms with Crippen LogP contribution in [0.25, 0.3) is 0 Å². The third-order valence-electron chi connectivity index (χ3n) is 5.98. The van der Waals surface area contributed by atoms with E-state index in [4.69, 9.17) is 0 Å². The number of benzene rings is 1. The van der Waals surface area contributed by atoms with Gasteiger partial charge in [-0.1, -0.05) is 37.8 Å². The molecule has 1 saturated heterocycles. The molecule has 5 nitrogen and oxygen atoms in total. The second-order valence-corrected chi connectivity index (χ2v) is 8.09. The van der Waals surface area contributed by atoms with Crippen molar-refractivity contribution in [3.8, 4) is 0 Å². The summed E-state index contributed by atoms with van der Waals surface area (Å²) in [5.74, 6) is 0.423. The van der Waals surface area contributed by atoms with Crippen LogP contribution < -0.4 is 10.2 Å². The number of hydrogen-bond donors (Lipinski definition) is 2. The summed E-state index contributed by atoms with van der Waals surface area (Å²) < 4.78 is 39.1. The quantitative estimate of drug-likeness (QED) is 0.754. The molecular weight excluding hydrogens is 383 g/mol. The molecule has 1 saturated carbocycles. The molecule has 160 valence electrons. The Morgan fingerprint density at radius 1 is 1.10 bits per heavy atom. The van der Waals surface area contributed by atoms with Crippen molar-refractivity contribution < 1.29 is 27.7 Å². The number of halogens is 3. The highest BCUT2D eigenvalue weighted by Crippen LogP contribution is 2.34. The Balaban J connectivity index is 1.42. The Morgan fingerprint density at radius 2 is 1.76 bits per heavy atom. The highest BCUT2D eigenvalue weighted by atomic mass is 19.4. The number of alkyl halides is 3. The number of rotatable bonds is 6. The molecule has 1 aliphatic carbocycles. The summed E-state index contributed by atoms with van der Waals surface area (Å²) in [5.41, 5.74) is -1.06. The lowest BCUT2D eigenvalue weighted by atomic mass is 10.0. The molecule has 29 heavy (non-hydrogen) atoms. The number of quaternary nitrogens is 1. The van der Waals surface area contributed by atoms with Gasteiger partial charge >= 0.3 is 6.18 Å².